The van der Waals surface area contributed by atoms with Crippen molar-refractivity contribution in [2.75, 3.05) is 0 Å². The summed E-state index contributed by atoms with van der Waals surface area (Å²) in [6.45, 7) is 5.73. The van der Waals surface area contributed by atoms with Gasteiger partial charge in [0.2, 0.25) is 0 Å². The molecular formula is C17H20FNO. The van der Waals surface area contributed by atoms with Gasteiger partial charge in [-0.2, -0.15) is 0 Å². The Kier molecular flexibility index (Phi) is 4.09. The van der Waals surface area contributed by atoms with Crippen LogP contribution in [0.25, 0.3) is 0 Å². The lowest BCUT2D eigenvalue weighted by Crippen LogP contribution is -2.35. The fourth-order valence-electron chi connectivity index (χ4n) is 2.20. The molecule has 0 fully saturated rings. The average molecular weight is 273 g/mol. The lowest BCUT2D eigenvalue weighted by Gasteiger charge is -2.27. The second-order valence-corrected chi connectivity index (χ2v) is 5.38. The molecule has 2 rings (SSSR count). The maximum absolute atomic E-state index is 14.0. The molecule has 0 saturated heterocycles. The summed E-state index contributed by atoms with van der Waals surface area (Å²) < 4.78 is 19.6. The third-order valence-corrected chi connectivity index (χ3v) is 3.24. The van der Waals surface area contributed by atoms with Crippen LogP contribution in [0.1, 0.15) is 31.9 Å². The molecule has 2 N–H and O–H groups in total. The monoisotopic (exact) mass is 273 g/mol. The van der Waals surface area contributed by atoms with Gasteiger partial charge >= 0.3 is 0 Å². The molecule has 0 amide bonds. The van der Waals surface area contributed by atoms with E-state index in [9.17, 15) is 4.39 Å². The highest BCUT2D eigenvalue weighted by molar-refractivity contribution is 5.41. The Bertz CT molecular complexity index is 593. The van der Waals surface area contributed by atoms with E-state index in [1.807, 2.05) is 38.1 Å². The molecule has 0 aliphatic rings. The van der Waals surface area contributed by atoms with Crippen molar-refractivity contribution in [3.8, 4) is 5.75 Å². The number of nitrogens with two attached hydrogens (primary N) is 1. The fraction of sp³-hybridized carbons (Fsp3) is 0.294. The predicted molar refractivity (Wildman–Crippen MR) is 79.2 cm³/mol. The van der Waals surface area contributed by atoms with Gasteiger partial charge in [-0.25, -0.2) is 4.39 Å². The molecule has 0 aromatic heterocycles. The number of hydrogen-bond donors (Lipinski definition) is 1. The highest BCUT2D eigenvalue weighted by Gasteiger charge is 2.27. The minimum atomic E-state index is -0.901. The molecule has 2 aromatic rings. The van der Waals surface area contributed by atoms with Crippen molar-refractivity contribution in [1.82, 2.24) is 0 Å². The molecule has 106 valence electrons. The van der Waals surface area contributed by atoms with E-state index in [-0.39, 0.29) is 11.9 Å². The van der Waals surface area contributed by atoms with Crippen molar-refractivity contribution in [2.45, 2.75) is 32.4 Å². The first-order valence-corrected chi connectivity index (χ1v) is 6.72. The van der Waals surface area contributed by atoms with Crippen molar-refractivity contribution in [3.05, 3.63) is 65.5 Å². The Morgan fingerprint density at radius 3 is 2.45 bits per heavy atom. The lowest BCUT2D eigenvalue weighted by molar-refractivity contribution is 0.242. The molecule has 2 aromatic carbocycles. The van der Waals surface area contributed by atoms with E-state index >= 15 is 0 Å². The zero-order chi connectivity index (χ0) is 14.8. The van der Waals surface area contributed by atoms with Gasteiger partial charge in [0, 0.05) is 5.56 Å². The summed E-state index contributed by atoms with van der Waals surface area (Å²) in [5.74, 6) is 0.443. The Morgan fingerprint density at radius 1 is 1.10 bits per heavy atom. The smallest absolute Gasteiger partial charge is 0.128 e. The highest BCUT2D eigenvalue weighted by atomic mass is 19.1. The fourth-order valence-corrected chi connectivity index (χ4v) is 2.20. The van der Waals surface area contributed by atoms with Gasteiger partial charge in [-0.05, 0) is 44.5 Å². The standard InChI is InChI=1S/C17H20FNO/c1-12(2)20-14-8-6-7-13(11-14)17(3,19)15-9-4-5-10-16(15)18/h4-12H,19H2,1-3H3. The molecule has 3 heteroatoms. The van der Waals surface area contributed by atoms with Crippen molar-refractivity contribution >= 4 is 0 Å². The topological polar surface area (TPSA) is 35.2 Å². The quantitative estimate of drug-likeness (QED) is 0.918. The molecule has 0 bridgehead atoms. The normalized spacial score (nSPS) is 14.1. The van der Waals surface area contributed by atoms with Gasteiger partial charge in [0.05, 0.1) is 11.6 Å². The van der Waals surface area contributed by atoms with Crippen molar-refractivity contribution in [3.63, 3.8) is 0 Å². The van der Waals surface area contributed by atoms with E-state index in [4.69, 9.17) is 10.5 Å². The Hall–Kier alpha value is -1.87. The van der Waals surface area contributed by atoms with Gasteiger partial charge in [-0.3, -0.25) is 0 Å². The summed E-state index contributed by atoms with van der Waals surface area (Å²) in [6, 6.07) is 14.1. The molecule has 0 aliphatic carbocycles. The zero-order valence-corrected chi connectivity index (χ0v) is 12.1. The molecule has 1 atom stereocenters. The van der Waals surface area contributed by atoms with Crippen LogP contribution >= 0.6 is 0 Å². The van der Waals surface area contributed by atoms with Gasteiger partial charge in [-0.15, -0.1) is 0 Å². The van der Waals surface area contributed by atoms with Crippen LogP contribution in [0.2, 0.25) is 0 Å². The van der Waals surface area contributed by atoms with Crippen LogP contribution in [0.4, 0.5) is 4.39 Å². The molecule has 0 heterocycles. The summed E-state index contributed by atoms with van der Waals surface area (Å²) in [5.41, 5.74) is 6.76. The van der Waals surface area contributed by atoms with Crippen LogP contribution in [0.3, 0.4) is 0 Å². The second-order valence-electron chi connectivity index (χ2n) is 5.38. The maximum atomic E-state index is 14.0. The summed E-state index contributed by atoms with van der Waals surface area (Å²) in [5, 5.41) is 0. The van der Waals surface area contributed by atoms with Gasteiger partial charge in [0.15, 0.2) is 0 Å². The average Bonchev–Trinajstić information content (AvgIpc) is 2.38. The summed E-state index contributed by atoms with van der Waals surface area (Å²) in [4.78, 5) is 0. The van der Waals surface area contributed by atoms with Crippen LogP contribution in [0.5, 0.6) is 5.75 Å². The first-order chi connectivity index (χ1) is 9.41. The van der Waals surface area contributed by atoms with Gasteiger partial charge in [0.25, 0.3) is 0 Å². The van der Waals surface area contributed by atoms with Crippen LogP contribution < -0.4 is 10.5 Å². The van der Waals surface area contributed by atoms with E-state index in [0.717, 1.165) is 11.3 Å². The van der Waals surface area contributed by atoms with Crippen LogP contribution in [-0.4, -0.2) is 6.10 Å². The van der Waals surface area contributed by atoms with Crippen LogP contribution in [0, 0.1) is 5.82 Å². The summed E-state index contributed by atoms with van der Waals surface area (Å²) in [6.07, 6.45) is 0.0859. The van der Waals surface area contributed by atoms with E-state index in [0.29, 0.717) is 5.56 Å². The highest BCUT2D eigenvalue weighted by Crippen LogP contribution is 2.30. The Balaban J connectivity index is 2.41. The molecule has 2 nitrogen and oxygen atoms in total. The van der Waals surface area contributed by atoms with Crippen LogP contribution in [-0.2, 0) is 5.54 Å². The van der Waals surface area contributed by atoms with Gasteiger partial charge < -0.3 is 10.5 Å². The first-order valence-electron chi connectivity index (χ1n) is 6.72. The Morgan fingerprint density at radius 2 is 1.80 bits per heavy atom. The minimum Gasteiger partial charge on any atom is -0.491 e. The first kappa shape index (κ1) is 14.5. The number of ether oxygens (including phenoxy) is 1. The molecule has 0 radical (unpaired) electrons. The minimum absolute atomic E-state index is 0.0859. The molecular weight excluding hydrogens is 253 g/mol. The summed E-state index contributed by atoms with van der Waals surface area (Å²) >= 11 is 0. The van der Waals surface area contributed by atoms with E-state index in [1.54, 1.807) is 25.1 Å². The SMILES string of the molecule is CC(C)Oc1cccc(C(C)(N)c2ccccc2F)c1. The summed E-state index contributed by atoms with van der Waals surface area (Å²) in [7, 11) is 0. The molecule has 0 saturated carbocycles. The number of hydrogen-bond acceptors (Lipinski definition) is 2. The van der Waals surface area contributed by atoms with Crippen molar-refractivity contribution in [1.29, 1.82) is 0 Å². The van der Waals surface area contributed by atoms with Gasteiger partial charge in [-0.1, -0.05) is 30.3 Å². The maximum Gasteiger partial charge on any atom is 0.128 e. The predicted octanol–water partition coefficient (Wildman–Crippen LogP) is 3.84. The zero-order valence-electron chi connectivity index (χ0n) is 12.1. The number of rotatable bonds is 4. The molecule has 0 aliphatic heterocycles. The van der Waals surface area contributed by atoms with Crippen molar-refractivity contribution < 1.29 is 9.13 Å². The largest absolute Gasteiger partial charge is 0.491 e. The Labute approximate surface area is 119 Å². The van der Waals surface area contributed by atoms with Crippen LogP contribution in [0.15, 0.2) is 48.5 Å². The van der Waals surface area contributed by atoms with Crippen molar-refractivity contribution in [2.24, 2.45) is 5.73 Å². The van der Waals surface area contributed by atoms with E-state index < -0.39 is 5.54 Å². The van der Waals surface area contributed by atoms with Gasteiger partial charge in [0.1, 0.15) is 11.6 Å². The number of benzene rings is 2. The second kappa shape index (κ2) is 5.63. The molecule has 1 unspecified atom stereocenters. The third kappa shape index (κ3) is 2.99. The molecule has 0 spiro atoms. The lowest BCUT2D eigenvalue weighted by atomic mass is 9.85. The van der Waals surface area contributed by atoms with E-state index in [1.165, 1.54) is 6.07 Å². The third-order valence-electron chi connectivity index (χ3n) is 3.24. The van der Waals surface area contributed by atoms with E-state index in [2.05, 4.69) is 0 Å². The molecule has 20 heavy (non-hydrogen) atoms. The number of halogens is 1.